The number of amides is 1. The fourth-order valence-electron chi connectivity index (χ4n) is 4.66. The topological polar surface area (TPSA) is 92.7 Å². The van der Waals surface area contributed by atoms with Gasteiger partial charge in [-0.05, 0) is 41.5 Å². The van der Waals surface area contributed by atoms with E-state index >= 15 is 0 Å². The van der Waals surface area contributed by atoms with Crippen LogP contribution in [0.15, 0.2) is 84.1 Å². The van der Waals surface area contributed by atoms with Gasteiger partial charge in [-0.25, -0.2) is 8.42 Å². The van der Waals surface area contributed by atoms with E-state index in [1.165, 1.54) is 7.11 Å². The average molecular weight is 517 g/mol. The first-order valence-electron chi connectivity index (χ1n) is 12.1. The average Bonchev–Trinajstić information content (AvgIpc) is 2.93. The Labute approximate surface area is 216 Å². The fourth-order valence-corrected chi connectivity index (χ4v) is 6.18. The SMILES string of the molecule is COc1cc(CS(=O)(=O)c2cccc3cccnc23)ccc1C(=O)N1CCN(Cc2cccnc2)CC1. The predicted octanol–water partition coefficient (Wildman–Crippen LogP) is 3.57. The maximum absolute atomic E-state index is 13.3. The first-order valence-corrected chi connectivity index (χ1v) is 13.7. The molecule has 190 valence electrons. The summed E-state index contributed by atoms with van der Waals surface area (Å²) in [5.41, 5.74) is 2.57. The molecule has 8 nitrogen and oxygen atoms in total. The minimum absolute atomic E-state index is 0.120. The number of hydrogen-bond donors (Lipinski definition) is 0. The highest BCUT2D eigenvalue weighted by molar-refractivity contribution is 7.90. The van der Waals surface area contributed by atoms with E-state index in [0.717, 1.165) is 30.6 Å². The molecule has 5 rings (SSSR count). The lowest BCUT2D eigenvalue weighted by Gasteiger charge is -2.35. The van der Waals surface area contributed by atoms with Crippen LogP contribution in [0.3, 0.4) is 0 Å². The molecule has 0 unspecified atom stereocenters. The zero-order chi connectivity index (χ0) is 25.8. The van der Waals surface area contributed by atoms with Crippen LogP contribution >= 0.6 is 0 Å². The van der Waals surface area contributed by atoms with Gasteiger partial charge in [0, 0.05) is 56.7 Å². The second-order valence-electron chi connectivity index (χ2n) is 9.05. The third-order valence-corrected chi connectivity index (χ3v) is 8.29. The maximum atomic E-state index is 13.3. The molecule has 37 heavy (non-hydrogen) atoms. The number of para-hydroxylation sites is 1. The van der Waals surface area contributed by atoms with E-state index in [4.69, 9.17) is 4.74 Å². The van der Waals surface area contributed by atoms with E-state index in [-0.39, 0.29) is 16.6 Å². The normalized spacial score (nSPS) is 14.6. The van der Waals surface area contributed by atoms with Crippen LogP contribution in [0.4, 0.5) is 0 Å². The molecule has 1 amide bonds. The Bertz CT molecular complexity index is 1510. The number of nitrogens with zero attached hydrogens (tertiary/aromatic N) is 4. The minimum atomic E-state index is -3.67. The van der Waals surface area contributed by atoms with Crippen molar-refractivity contribution in [3.63, 3.8) is 0 Å². The van der Waals surface area contributed by atoms with Crippen molar-refractivity contribution in [2.75, 3.05) is 33.3 Å². The monoisotopic (exact) mass is 516 g/mol. The number of piperazine rings is 1. The lowest BCUT2D eigenvalue weighted by molar-refractivity contribution is 0.0625. The third kappa shape index (κ3) is 5.47. The van der Waals surface area contributed by atoms with Crippen LogP contribution in [-0.4, -0.2) is 67.4 Å². The van der Waals surface area contributed by atoms with E-state index in [9.17, 15) is 13.2 Å². The van der Waals surface area contributed by atoms with Crippen molar-refractivity contribution in [2.45, 2.75) is 17.2 Å². The van der Waals surface area contributed by atoms with Crippen molar-refractivity contribution in [1.82, 2.24) is 19.8 Å². The van der Waals surface area contributed by atoms with Gasteiger partial charge in [0.1, 0.15) is 5.75 Å². The predicted molar refractivity (Wildman–Crippen MR) is 141 cm³/mol. The fraction of sp³-hybridized carbons (Fsp3) is 0.250. The summed E-state index contributed by atoms with van der Waals surface area (Å²) in [5.74, 6) is 0.0256. The Kier molecular flexibility index (Phi) is 7.16. The van der Waals surface area contributed by atoms with E-state index in [1.807, 2.05) is 35.4 Å². The number of aromatic nitrogens is 2. The zero-order valence-electron chi connectivity index (χ0n) is 20.6. The van der Waals surface area contributed by atoms with Gasteiger partial charge >= 0.3 is 0 Å². The van der Waals surface area contributed by atoms with Gasteiger partial charge in [0.25, 0.3) is 5.91 Å². The van der Waals surface area contributed by atoms with Gasteiger partial charge in [-0.2, -0.15) is 0 Å². The molecule has 0 radical (unpaired) electrons. The summed E-state index contributed by atoms with van der Waals surface area (Å²) in [6.45, 7) is 3.53. The Morgan fingerprint density at radius 3 is 2.49 bits per heavy atom. The minimum Gasteiger partial charge on any atom is -0.496 e. The maximum Gasteiger partial charge on any atom is 0.257 e. The number of sulfone groups is 1. The molecule has 4 aromatic rings. The number of hydrogen-bond acceptors (Lipinski definition) is 7. The van der Waals surface area contributed by atoms with Crippen molar-refractivity contribution in [3.8, 4) is 5.75 Å². The molecule has 0 saturated carbocycles. The number of rotatable bonds is 7. The molecule has 1 saturated heterocycles. The number of ether oxygens (including phenoxy) is 1. The summed E-state index contributed by atoms with van der Waals surface area (Å²) in [7, 11) is -2.18. The Balaban J connectivity index is 1.29. The molecule has 0 atom stereocenters. The summed E-state index contributed by atoms with van der Waals surface area (Å²) in [6, 6.07) is 17.7. The number of carbonyl (C=O) groups excluding carboxylic acids is 1. The van der Waals surface area contributed by atoms with Gasteiger partial charge in [0.2, 0.25) is 0 Å². The molecule has 1 aliphatic heterocycles. The zero-order valence-corrected chi connectivity index (χ0v) is 21.4. The lowest BCUT2D eigenvalue weighted by atomic mass is 10.1. The molecular formula is C28H28N4O4S. The molecule has 0 bridgehead atoms. The first-order chi connectivity index (χ1) is 17.9. The molecule has 0 N–H and O–H groups in total. The van der Waals surface area contributed by atoms with E-state index in [1.54, 1.807) is 48.8 Å². The highest BCUT2D eigenvalue weighted by Crippen LogP contribution is 2.28. The standard InChI is InChI=1S/C28H28N4O4S/c1-36-25-17-21(20-37(34,35)26-8-2-6-23-7-4-12-30-27(23)26)9-10-24(25)28(33)32-15-13-31(14-16-32)19-22-5-3-11-29-18-22/h2-12,17-18H,13-16,19-20H2,1H3. The summed E-state index contributed by atoms with van der Waals surface area (Å²) in [5, 5.41) is 0.766. The first kappa shape index (κ1) is 24.9. The number of fused-ring (bicyclic) bond motifs is 1. The van der Waals surface area contributed by atoms with Crippen LogP contribution in [0.2, 0.25) is 0 Å². The van der Waals surface area contributed by atoms with Gasteiger partial charge in [-0.1, -0.05) is 30.3 Å². The van der Waals surface area contributed by atoms with Gasteiger partial charge in [0.05, 0.1) is 28.8 Å². The van der Waals surface area contributed by atoms with Gasteiger partial charge in [0.15, 0.2) is 9.84 Å². The largest absolute Gasteiger partial charge is 0.496 e. The highest BCUT2D eigenvalue weighted by atomic mass is 32.2. The van der Waals surface area contributed by atoms with E-state index in [2.05, 4.69) is 14.9 Å². The van der Waals surface area contributed by atoms with Crippen LogP contribution < -0.4 is 4.74 Å². The van der Waals surface area contributed by atoms with Crippen molar-refractivity contribution in [3.05, 3.63) is 95.9 Å². The van der Waals surface area contributed by atoms with Crippen molar-refractivity contribution < 1.29 is 17.9 Å². The van der Waals surface area contributed by atoms with Crippen LogP contribution in [0, 0.1) is 0 Å². The van der Waals surface area contributed by atoms with Crippen LogP contribution in [0.5, 0.6) is 5.75 Å². The summed E-state index contributed by atoms with van der Waals surface area (Å²) < 4.78 is 32.1. The Hall–Kier alpha value is -3.82. The molecule has 9 heteroatoms. The molecule has 0 aliphatic carbocycles. The lowest BCUT2D eigenvalue weighted by Crippen LogP contribution is -2.48. The molecule has 2 aromatic heterocycles. The summed E-state index contributed by atoms with van der Waals surface area (Å²) >= 11 is 0. The summed E-state index contributed by atoms with van der Waals surface area (Å²) in [4.78, 5) is 26.0. The molecular weight excluding hydrogens is 488 g/mol. The third-order valence-electron chi connectivity index (χ3n) is 6.57. The van der Waals surface area contributed by atoms with Crippen LogP contribution in [-0.2, 0) is 22.1 Å². The molecule has 1 aliphatic rings. The van der Waals surface area contributed by atoms with Gasteiger partial charge in [-0.15, -0.1) is 0 Å². The highest BCUT2D eigenvalue weighted by Gasteiger charge is 2.26. The quantitative estimate of drug-likeness (QED) is 0.371. The molecule has 2 aromatic carbocycles. The molecule has 1 fully saturated rings. The van der Waals surface area contributed by atoms with Gasteiger partial charge < -0.3 is 9.64 Å². The van der Waals surface area contributed by atoms with Crippen LogP contribution in [0.25, 0.3) is 10.9 Å². The van der Waals surface area contributed by atoms with Crippen molar-refractivity contribution in [2.24, 2.45) is 0 Å². The number of pyridine rings is 2. The molecule has 0 spiro atoms. The van der Waals surface area contributed by atoms with Crippen LogP contribution in [0.1, 0.15) is 21.5 Å². The molecule has 3 heterocycles. The van der Waals surface area contributed by atoms with Crippen molar-refractivity contribution >= 4 is 26.6 Å². The summed E-state index contributed by atoms with van der Waals surface area (Å²) in [6.07, 6.45) is 5.21. The number of methoxy groups -OCH3 is 1. The Morgan fingerprint density at radius 2 is 1.73 bits per heavy atom. The van der Waals surface area contributed by atoms with Gasteiger partial charge in [-0.3, -0.25) is 19.7 Å². The van der Waals surface area contributed by atoms with E-state index in [0.29, 0.717) is 35.5 Å². The second kappa shape index (κ2) is 10.7. The van der Waals surface area contributed by atoms with E-state index < -0.39 is 9.84 Å². The smallest absolute Gasteiger partial charge is 0.257 e. The van der Waals surface area contributed by atoms with Crippen molar-refractivity contribution in [1.29, 1.82) is 0 Å². The Morgan fingerprint density at radius 1 is 0.946 bits per heavy atom. The number of benzene rings is 2. The number of carbonyl (C=O) groups is 1. The second-order valence-corrected chi connectivity index (χ2v) is 11.0.